The Balaban J connectivity index is 2.12. The zero-order valence-corrected chi connectivity index (χ0v) is 35.7. The van der Waals surface area contributed by atoms with Crippen LogP contribution in [0.2, 0.25) is 18.1 Å². The first kappa shape index (κ1) is 46.5. The Morgan fingerprint density at radius 3 is 1.95 bits per heavy atom. The summed E-state index contributed by atoms with van der Waals surface area (Å²) in [6, 6.07) is 13.4. The SMILES string of the molecule is CC[C@H](C)[C@H](NC(=O)[C@H](Cc1ccc(OC(F)(F)F)cc1)C[C@H](O[Si](C)(C)C(C)(C)C)[C@H](Cc1ccccc1)NC(=O)OC(C)(C)C)C(=O)N1CCC(=O)CC1. The summed E-state index contributed by atoms with van der Waals surface area (Å²) in [6.07, 6.45) is -4.64. The van der Waals surface area contributed by atoms with Crippen molar-refractivity contribution in [1.29, 1.82) is 0 Å². The molecule has 10 nitrogen and oxygen atoms in total. The summed E-state index contributed by atoms with van der Waals surface area (Å²) in [7, 11) is -2.61. The number of hydrogen-bond donors (Lipinski definition) is 2. The number of halogens is 3. The molecule has 0 aliphatic carbocycles. The number of alkyl halides is 3. The van der Waals surface area contributed by atoms with Crippen LogP contribution in [0.4, 0.5) is 18.0 Å². The van der Waals surface area contributed by atoms with Crippen molar-refractivity contribution < 1.29 is 46.2 Å². The highest BCUT2D eigenvalue weighted by atomic mass is 28.4. The Morgan fingerprint density at radius 2 is 1.43 bits per heavy atom. The van der Waals surface area contributed by atoms with Crippen LogP contribution < -0.4 is 15.4 Å². The van der Waals surface area contributed by atoms with E-state index < -0.39 is 62.1 Å². The number of carbonyl (C=O) groups is 4. The number of carbonyl (C=O) groups excluding carboxylic acids is 4. The molecule has 1 saturated heterocycles. The molecule has 1 heterocycles. The first-order valence-corrected chi connectivity index (χ1v) is 22.4. The van der Waals surface area contributed by atoms with Crippen LogP contribution in [0.5, 0.6) is 5.75 Å². The highest BCUT2D eigenvalue weighted by Crippen LogP contribution is 2.39. The molecule has 0 aromatic heterocycles. The van der Waals surface area contributed by atoms with Crippen molar-refractivity contribution in [3.8, 4) is 5.75 Å². The van der Waals surface area contributed by atoms with Crippen molar-refractivity contribution in [2.45, 2.75) is 142 Å². The molecule has 2 aromatic carbocycles. The van der Waals surface area contributed by atoms with Gasteiger partial charge < -0.3 is 29.4 Å². The molecule has 312 valence electrons. The van der Waals surface area contributed by atoms with E-state index in [9.17, 15) is 32.3 Å². The second-order valence-electron chi connectivity index (χ2n) is 17.4. The van der Waals surface area contributed by atoms with Gasteiger partial charge in [-0.1, -0.05) is 83.5 Å². The van der Waals surface area contributed by atoms with Crippen LogP contribution in [0, 0.1) is 11.8 Å². The van der Waals surface area contributed by atoms with Crippen LogP contribution in [0.3, 0.4) is 0 Å². The van der Waals surface area contributed by atoms with Crippen LogP contribution in [0.15, 0.2) is 54.6 Å². The lowest BCUT2D eigenvalue weighted by molar-refractivity contribution is -0.274. The van der Waals surface area contributed by atoms with E-state index in [1.165, 1.54) is 24.3 Å². The van der Waals surface area contributed by atoms with E-state index in [0.717, 1.165) is 5.56 Å². The van der Waals surface area contributed by atoms with Crippen LogP contribution in [0.25, 0.3) is 0 Å². The predicted octanol–water partition coefficient (Wildman–Crippen LogP) is 8.38. The number of Topliss-reactive ketones (excluding diaryl/α,β-unsaturated/α-hetero) is 1. The molecule has 2 N–H and O–H groups in total. The van der Waals surface area contributed by atoms with E-state index in [1.54, 1.807) is 25.7 Å². The molecule has 5 atom stereocenters. The molecule has 1 fully saturated rings. The third-order valence-corrected chi connectivity index (χ3v) is 15.1. The predicted molar refractivity (Wildman–Crippen MR) is 213 cm³/mol. The molecule has 56 heavy (non-hydrogen) atoms. The number of nitrogens with one attached hydrogen (secondary N) is 2. The van der Waals surface area contributed by atoms with E-state index in [0.29, 0.717) is 18.4 Å². The van der Waals surface area contributed by atoms with E-state index in [1.807, 2.05) is 44.2 Å². The Hall–Kier alpha value is -3.91. The number of hydrogen-bond acceptors (Lipinski definition) is 7. The molecule has 1 aliphatic heterocycles. The molecule has 0 unspecified atom stereocenters. The van der Waals surface area contributed by atoms with Crippen LogP contribution >= 0.6 is 0 Å². The van der Waals surface area contributed by atoms with Crippen molar-refractivity contribution in [2.75, 3.05) is 13.1 Å². The summed E-state index contributed by atoms with van der Waals surface area (Å²) in [5, 5.41) is 5.85. The Kier molecular flexibility index (Phi) is 16.2. The van der Waals surface area contributed by atoms with Gasteiger partial charge in [0.1, 0.15) is 23.2 Å². The van der Waals surface area contributed by atoms with Crippen molar-refractivity contribution in [2.24, 2.45) is 11.8 Å². The average molecular weight is 806 g/mol. The standard InChI is InChI=1S/C42H62F3N3O7Si/c1-11-28(2)36(38(51)48-23-21-32(49)22-24-48)47-37(50)31(25-30-17-19-33(20-18-30)53-42(43,44)45)27-35(55-56(9,10)41(6,7)8)34(26-29-15-13-12-14-16-29)46-39(52)54-40(3,4)5/h12-20,28,31,34-36H,11,21-27H2,1-10H3,(H,46,52)(H,47,50)/t28-,31+,34-,35-,36-/m0/s1. The van der Waals surface area contributed by atoms with Crippen LogP contribution in [-0.4, -0.2) is 80.1 Å². The molecule has 0 radical (unpaired) electrons. The minimum absolute atomic E-state index is 0.0830. The third kappa shape index (κ3) is 14.9. The number of nitrogens with zero attached hydrogens (tertiary/aromatic N) is 1. The molecular formula is C42H62F3N3O7Si. The van der Waals surface area contributed by atoms with E-state index in [-0.39, 0.29) is 61.4 Å². The summed E-state index contributed by atoms with van der Waals surface area (Å²) in [6.45, 7) is 20.1. The highest BCUT2D eigenvalue weighted by Gasteiger charge is 2.43. The van der Waals surface area contributed by atoms with Crippen molar-refractivity contribution >= 4 is 32.0 Å². The summed E-state index contributed by atoms with van der Waals surface area (Å²) in [5.74, 6) is -2.12. The first-order valence-electron chi connectivity index (χ1n) is 19.5. The Labute approximate surface area is 331 Å². The first-order chi connectivity index (χ1) is 25.9. The summed E-state index contributed by atoms with van der Waals surface area (Å²) in [4.78, 5) is 55.7. The van der Waals surface area contributed by atoms with Gasteiger partial charge in [-0.2, -0.15) is 0 Å². The number of benzene rings is 2. The monoisotopic (exact) mass is 805 g/mol. The maximum Gasteiger partial charge on any atom is 0.573 e. The quantitative estimate of drug-likeness (QED) is 0.164. The van der Waals surface area contributed by atoms with Gasteiger partial charge in [0.15, 0.2) is 8.32 Å². The van der Waals surface area contributed by atoms with Gasteiger partial charge in [0, 0.05) is 31.8 Å². The van der Waals surface area contributed by atoms with Gasteiger partial charge in [0.05, 0.1) is 12.1 Å². The molecule has 1 aliphatic rings. The van der Waals surface area contributed by atoms with Gasteiger partial charge in [-0.3, -0.25) is 14.4 Å². The topological polar surface area (TPSA) is 123 Å². The summed E-state index contributed by atoms with van der Waals surface area (Å²) in [5.41, 5.74) is 0.688. The lowest BCUT2D eigenvalue weighted by Crippen LogP contribution is -2.56. The van der Waals surface area contributed by atoms with Crippen LogP contribution in [0.1, 0.15) is 92.2 Å². The Morgan fingerprint density at radius 1 is 0.857 bits per heavy atom. The van der Waals surface area contributed by atoms with Gasteiger partial charge in [0.25, 0.3) is 0 Å². The molecule has 0 saturated carbocycles. The number of alkyl carbamates (subject to hydrolysis) is 1. The molecule has 3 amide bonds. The third-order valence-electron chi connectivity index (χ3n) is 10.6. The van der Waals surface area contributed by atoms with E-state index in [4.69, 9.17) is 9.16 Å². The van der Waals surface area contributed by atoms with Crippen molar-refractivity contribution in [3.63, 3.8) is 0 Å². The molecule has 0 bridgehead atoms. The van der Waals surface area contributed by atoms with Gasteiger partial charge in [-0.15, -0.1) is 13.2 Å². The molecule has 0 spiro atoms. The van der Waals surface area contributed by atoms with Gasteiger partial charge in [0.2, 0.25) is 11.8 Å². The zero-order chi connectivity index (χ0) is 42.1. The lowest BCUT2D eigenvalue weighted by Gasteiger charge is -2.42. The lowest BCUT2D eigenvalue weighted by atomic mass is 9.87. The Bertz CT molecular complexity index is 1600. The smallest absolute Gasteiger partial charge is 0.444 e. The summed E-state index contributed by atoms with van der Waals surface area (Å²) < 4.78 is 55.9. The number of rotatable bonds is 16. The highest BCUT2D eigenvalue weighted by molar-refractivity contribution is 6.74. The number of amides is 3. The fraction of sp³-hybridized carbons (Fsp3) is 0.619. The van der Waals surface area contributed by atoms with Crippen molar-refractivity contribution in [1.82, 2.24) is 15.5 Å². The number of piperidine rings is 1. The fourth-order valence-electron chi connectivity index (χ4n) is 6.25. The maximum atomic E-state index is 14.7. The van der Waals surface area contributed by atoms with Gasteiger partial charge in [-0.05, 0) is 87.3 Å². The minimum atomic E-state index is -4.87. The number of likely N-dealkylation sites (tertiary alicyclic amines) is 1. The minimum Gasteiger partial charge on any atom is -0.444 e. The van der Waals surface area contributed by atoms with E-state index >= 15 is 0 Å². The molecule has 2 aromatic rings. The second kappa shape index (κ2) is 19.5. The normalized spacial score (nSPS) is 16.9. The number of ketones is 1. The largest absolute Gasteiger partial charge is 0.573 e. The van der Waals surface area contributed by atoms with Gasteiger partial charge >= 0.3 is 12.5 Å². The number of ether oxygens (including phenoxy) is 2. The second-order valence-corrected chi connectivity index (χ2v) is 22.2. The van der Waals surface area contributed by atoms with Crippen molar-refractivity contribution in [3.05, 3.63) is 65.7 Å². The average Bonchev–Trinajstić information content (AvgIpc) is 3.08. The molecular weight excluding hydrogens is 744 g/mol. The molecule has 14 heteroatoms. The maximum absolute atomic E-state index is 14.7. The van der Waals surface area contributed by atoms with E-state index in [2.05, 4.69) is 49.2 Å². The molecule has 3 rings (SSSR count). The summed E-state index contributed by atoms with van der Waals surface area (Å²) >= 11 is 0. The van der Waals surface area contributed by atoms with Gasteiger partial charge in [-0.25, -0.2) is 4.79 Å². The fourth-order valence-corrected chi connectivity index (χ4v) is 7.63. The zero-order valence-electron chi connectivity index (χ0n) is 34.7. The van der Waals surface area contributed by atoms with Crippen LogP contribution in [-0.2, 0) is 36.4 Å².